The molecule has 1 aromatic heterocycles. The van der Waals surface area contributed by atoms with Gasteiger partial charge in [-0.2, -0.15) is 0 Å². The summed E-state index contributed by atoms with van der Waals surface area (Å²) in [7, 11) is 0. The van der Waals surface area contributed by atoms with Crippen molar-refractivity contribution in [1.29, 1.82) is 0 Å². The average Bonchev–Trinajstić information content (AvgIpc) is 3.71. The van der Waals surface area contributed by atoms with Crippen molar-refractivity contribution < 1.29 is 15.4 Å². The average molecular weight is 621 g/mol. The molecule has 0 fully saturated rings. The van der Waals surface area contributed by atoms with E-state index in [1.54, 1.807) is 0 Å². The zero-order chi connectivity index (χ0) is 38.9. The minimum Gasteiger partial charge on any atom is -0.456 e. The van der Waals surface area contributed by atoms with Crippen LogP contribution in [-0.2, 0) is 5.41 Å². The van der Waals surface area contributed by atoms with E-state index >= 15 is 0 Å². The molecule has 8 aromatic carbocycles. The van der Waals surface area contributed by atoms with E-state index in [-0.39, 0.29) is 51.1 Å². The first-order valence-corrected chi connectivity index (χ1v) is 16.1. The van der Waals surface area contributed by atoms with Gasteiger partial charge in [0.2, 0.25) is 0 Å². The van der Waals surface area contributed by atoms with E-state index in [1.165, 1.54) is 0 Å². The summed E-state index contributed by atoms with van der Waals surface area (Å²) >= 11 is 0. The van der Waals surface area contributed by atoms with E-state index in [9.17, 15) is 5.48 Å². The molecule has 0 saturated carbocycles. The molecule has 48 heavy (non-hydrogen) atoms. The summed E-state index contributed by atoms with van der Waals surface area (Å²) in [4.78, 5) is 0. The first-order valence-electron chi connectivity index (χ1n) is 20.1. The molecule has 0 saturated heterocycles. The van der Waals surface area contributed by atoms with Gasteiger partial charge in [-0.3, -0.25) is 0 Å². The smallest absolute Gasteiger partial charge is 0.135 e. The molecule has 0 aliphatic heterocycles. The standard InChI is InChI=1S/C47H32O/c1-47(2)40-19-9-7-17-37(40)46-38(18-11-20-41(46)47)45-35-15-5-3-13-33(35)44(34-14-4-6-16-36(34)45)30-24-22-29(23-25-30)31-26-27-43-39(28-31)32-12-8-10-21-42(32)48-43/h3-28H,1-2H3/i3D,4D,5D,6D,13D,14D,15D,16D. The van der Waals surface area contributed by atoms with Crippen LogP contribution in [0.2, 0.25) is 0 Å². The highest BCUT2D eigenvalue weighted by atomic mass is 16.3. The van der Waals surface area contributed by atoms with Crippen LogP contribution in [0.1, 0.15) is 35.9 Å². The normalized spacial score (nSPS) is 15.7. The highest BCUT2D eigenvalue weighted by Crippen LogP contribution is 2.54. The van der Waals surface area contributed by atoms with Crippen LogP contribution in [0.5, 0.6) is 0 Å². The van der Waals surface area contributed by atoms with Gasteiger partial charge in [0.15, 0.2) is 0 Å². The van der Waals surface area contributed by atoms with Crippen LogP contribution in [0.3, 0.4) is 0 Å². The van der Waals surface area contributed by atoms with E-state index in [0.717, 1.165) is 55.3 Å². The van der Waals surface area contributed by atoms with Crippen LogP contribution in [0.4, 0.5) is 0 Å². The van der Waals surface area contributed by atoms with Crippen LogP contribution < -0.4 is 0 Å². The molecule has 1 heterocycles. The van der Waals surface area contributed by atoms with Crippen molar-refractivity contribution in [2.75, 3.05) is 0 Å². The molecule has 0 spiro atoms. The van der Waals surface area contributed by atoms with Crippen molar-refractivity contribution in [1.82, 2.24) is 0 Å². The molecule has 226 valence electrons. The second-order valence-electron chi connectivity index (χ2n) is 13.0. The molecule has 1 heteroatoms. The Bertz CT molecular complexity index is 3110. The van der Waals surface area contributed by atoms with E-state index in [2.05, 4.69) is 32.0 Å². The van der Waals surface area contributed by atoms with Gasteiger partial charge in [-0.25, -0.2) is 0 Å². The lowest BCUT2D eigenvalue weighted by Crippen LogP contribution is -2.14. The zero-order valence-corrected chi connectivity index (χ0v) is 26.3. The highest BCUT2D eigenvalue weighted by Gasteiger charge is 2.37. The van der Waals surface area contributed by atoms with Crippen LogP contribution in [0.25, 0.3) is 88.0 Å². The van der Waals surface area contributed by atoms with Crippen LogP contribution >= 0.6 is 0 Å². The molecule has 0 bridgehead atoms. The first kappa shape index (κ1) is 20.3. The monoisotopic (exact) mass is 620 g/mol. The first-order chi connectivity index (χ1) is 26.9. The molecule has 10 rings (SSSR count). The number of hydrogen-bond acceptors (Lipinski definition) is 1. The lowest BCUT2D eigenvalue weighted by Gasteiger charge is -2.22. The Balaban J connectivity index is 1.32. The Morgan fingerprint density at radius 3 is 1.75 bits per heavy atom. The van der Waals surface area contributed by atoms with Gasteiger partial charge in [-0.05, 0) is 95.4 Å². The lowest BCUT2D eigenvalue weighted by atomic mass is 9.80. The maximum absolute atomic E-state index is 9.46. The fourth-order valence-electron chi connectivity index (χ4n) is 7.88. The summed E-state index contributed by atoms with van der Waals surface area (Å²) in [6, 6.07) is 32.8. The molecule has 1 aliphatic rings. The van der Waals surface area contributed by atoms with Gasteiger partial charge in [0.1, 0.15) is 11.2 Å². The Morgan fingerprint density at radius 2 is 1.00 bits per heavy atom. The number of furan rings is 1. The molecular formula is C47H32O. The molecule has 0 atom stereocenters. The highest BCUT2D eigenvalue weighted by molar-refractivity contribution is 6.22. The van der Waals surface area contributed by atoms with E-state index in [0.29, 0.717) is 22.3 Å². The molecule has 0 radical (unpaired) electrons. The van der Waals surface area contributed by atoms with Gasteiger partial charge >= 0.3 is 0 Å². The summed E-state index contributed by atoms with van der Waals surface area (Å²) in [6.07, 6.45) is 0. The summed E-state index contributed by atoms with van der Waals surface area (Å²) in [5, 5.41) is 2.82. The minimum absolute atomic E-state index is 0.200. The Kier molecular flexibility index (Phi) is 4.25. The minimum atomic E-state index is -0.420. The second-order valence-corrected chi connectivity index (χ2v) is 13.0. The number of hydrogen-bond donors (Lipinski definition) is 0. The van der Waals surface area contributed by atoms with E-state index < -0.39 is 24.2 Å². The largest absolute Gasteiger partial charge is 0.456 e. The SMILES string of the molecule is [2H]c1c([2H])c([2H])c2c(-c3cccc4c3-c3ccccc3C4(C)C)c3c([2H])c([2H])c([2H])c([2H])c3c(-c3ccc(-c4ccc5oc6ccccc6c5c4)cc3)c2c1[2H]. The van der Waals surface area contributed by atoms with Crippen LogP contribution in [-0.4, -0.2) is 0 Å². The quantitative estimate of drug-likeness (QED) is 0.179. The van der Waals surface area contributed by atoms with Gasteiger partial charge in [0.25, 0.3) is 0 Å². The molecule has 0 unspecified atom stereocenters. The number of rotatable bonds is 3. The van der Waals surface area contributed by atoms with Crippen molar-refractivity contribution in [2.24, 2.45) is 0 Å². The summed E-state index contributed by atoms with van der Waals surface area (Å²) < 4.78 is 79.3. The molecule has 1 nitrogen and oxygen atoms in total. The number of fused-ring (bicyclic) bond motifs is 8. The second kappa shape index (κ2) is 10.0. The van der Waals surface area contributed by atoms with Crippen molar-refractivity contribution >= 4 is 43.5 Å². The maximum atomic E-state index is 9.46. The van der Waals surface area contributed by atoms with Crippen LogP contribution in [0, 0.1) is 0 Å². The molecule has 0 amide bonds. The van der Waals surface area contributed by atoms with Crippen molar-refractivity contribution in [2.45, 2.75) is 19.3 Å². The summed E-state index contributed by atoms with van der Waals surface area (Å²) in [6.45, 7) is 4.30. The van der Waals surface area contributed by atoms with Crippen molar-refractivity contribution in [3.63, 3.8) is 0 Å². The third-order valence-corrected chi connectivity index (χ3v) is 10.1. The Hall–Kier alpha value is -5.92. The van der Waals surface area contributed by atoms with Gasteiger partial charge in [0, 0.05) is 16.2 Å². The molecule has 9 aromatic rings. The van der Waals surface area contributed by atoms with Crippen LogP contribution in [0.15, 0.2) is 162 Å². The third kappa shape index (κ3) is 3.79. The fourth-order valence-corrected chi connectivity index (χ4v) is 7.88. The maximum Gasteiger partial charge on any atom is 0.135 e. The summed E-state index contributed by atoms with van der Waals surface area (Å²) in [5.41, 5.74) is 8.95. The summed E-state index contributed by atoms with van der Waals surface area (Å²) in [5.74, 6) is 0. The lowest BCUT2D eigenvalue weighted by molar-refractivity contribution is 0.660. The van der Waals surface area contributed by atoms with Gasteiger partial charge < -0.3 is 4.42 Å². The third-order valence-electron chi connectivity index (χ3n) is 10.1. The predicted octanol–water partition coefficient (Wildman–Crippen LogP) is 13.2. The Morgan fingerprint density at radius 1 is 0.438 bits per heavy atom. The van der Waals surface area contributed by atoms with E-state index in [1.807, 2.05) is 91.0 Å². The van der Waals surface area contributed by atoms with Crippen molar-refractivity contribution in [3.05, 3.63) is 169 Å². The number of benzene rings is 8. The fraction of sp³-hybridized carbons (Fsp3) is 0.0638. The van der Waals surface area contributed by atoms with E-state index in [4.69, 9.17) is 9.90 Å². The van der Waals surface area contributed by atoms with Gasteiger partial charge in [-0.15, -0.1) is 0 Å². The molecule has 1 aliphatic carbocycles. The zero-order valence-electron chi connectivity index (χ0n) is 34.3. The Labute approximate surface area is 291 Å². The number of para-hydroxylation sites is 1. The van der Waals surface area contributed by atoms with Gasteiger partial charge in [-0.1, -0.05) is 153 Å². The molecule has 0 N–H and O–H groups in total. The van der Waals surface area contributed by atoms with Crippen molar-refractivity contribution in [3.8, 4) is 44.5 Å². The molecular weight excluding hydrogens is 581 g/mol. The topological polar surface area (TPSA) is 13.1 Å². The predicted molar refractivity (Wildman–Crippen MR) is 203 cm³/mol. The van der Waals surface area contributed by atoms with Gasteiger partial charge in [0.05, 0.1) is 11.0 Å².